The van der Waals surface area contributed by atoms with Gasteiger partial charge in [-0.05, 0) is 17.7 Å². The Balaban J connectivity index is 1.55. The highest BCUT2D eigenvalue weighted by Crippen LogP contribution is 2.16. The smallest absolute Gasteiger partial charge is 0.270 e. The van der Waals surface area contributed by atoms with Crippen molar-refractivity contribution in [2.24, 2.45) is 5.10 Å². The molecule has 3 rings (SSSR count). The van der Waals surface area contributed by atoms with Gasteiger partial charge in [0.05, 0.1) is 13.1 Å². The molecule has 2 aliphatic rings. The van der Waals surface area contributed by atoms with Gasteiger partial charge in [-0.3, -0.25) is 19.3 Å². The molecule has 0 spiro atoms. The van der Waals surface area contributed by atoms with Gasteiger partial charge >= 0.3 is 0 Å². The first kappa shape index (κ1) is 21.6. The number of hydrogen-bond donors (Lipinski definition) is 1. The molecule has 0 aliphatic carbocycles. The number of carbonyl (C=O) groups is 3. The molecule has 0 bridgehead atoms. The Kier molecular flexibility index (Phi) is 7.29. The van der Waals surface area contributed by atoms with Crippen molar-refractivity contribution in [3.63, 3.8) is 0 Å². The van der Waals surface area contributed by atoms with Crippen LogP contribution in [0.1, 0.15) is 18.4 Å². The number of amides is 3. The van der Waals surface area contributed by atoms with Crippen LogP contribution in [-0.4, -0.2) is 77.5 Å². The number of piperazine rings is 1. The van der Waals surface area contributed by atoms with E-state index in [2.05, 4.69) is 17.0 Å². The summed E-state index contributed by atoms with van der Waals surface area (Å²) in [6, 6.07) is 5.85. The van der Waals surface area contributed by atoms with Gasteiger partial charge in [-0.25, -0.2) is 9.40 Å². The number of carbonyl (C=O) groups excluding carboxylic acids is 3. The van der Waals surface area contributed by atoms with E-state index < -0.39 is 0 Å². The molecule has 3 amide bonds. The van der Waals surface area contributed by atoms with Crippen LogP contribution in [0.5, 0.6) is 0 Å². The van der Waals surface area contributed by atoms with Gasteiger partial charge in [-0.1, -0.05) is 18.2 Å². The Morgan fingerprint density at radius 2 is 1.83 bits per heavy atom. The third-order valence-corrected chi connectivity index (χ3v) is 5.07. The summed E-state index contributed by atoms with van der Waals surface area (Å²) in [6.07, 6.45) is 2.15. The summed E-state index contributed by atoms with van der Waals surface area (Å²) < 4.78 is 13.1. The number of rotatable bonds is 7. The quantitative estimate of drug-likeness (QED) is 0.666. The molecule has 0 atom stereocenters. The molecule has 2 aliphatic heterocycles. The molecule has 1 N–H and O–H groups in total. The first-order chi connectivity index (χ1) is 14.5. The molecule has 8 nitrogen and oxygen atoms in total. The fourth-order valence-electron chi connectivity index (χ4n) is 3.38. The van der Waals surface area contributed by atoms with E-state index in [1.54, 1.807) is 23.1 Å². The van der Waals surface area contributed by atoms with Gasteiger partial charge in [0, 0.05) is 45.6 Å². The highest BCUT2D eigenvalue weighted by atomic mass is 19.1. The average Bonchev–Trinajstić information content (AvgIpc) is 2.75. The lowest BCUT2D eigenvalue weighted by molar-refractivity contribution is -0.132. The van der Waals surface area contributed by atoms with Crippen LogP contribution in [0, 0.1) is 5.82 Å². The zero-order chi connectivity index (χ0) is 21.5. The molecular weight excluding hydrogens is 389 g/mol. The third kappa shape index (κ3) is 5.73. The van der Waals surface area contributed by atoms with Crippen LogP contribution < -0.4 is 5.32 Å². The lowest BCUT2D eigenvalue weighted by Crippen LogP contribution is -2.53. The van der Waals surface area contributed by atoms with Crippen LogP contribution in [-0.2, 0) is 20.9 Å². The fraction of sp³-hybridized carbons (Fsp3) is 0.429. The van der Waals surface area contributed by atoms with Crippen molar-refractivity contribution in [3.8, 4) is 0 Å². The molecule has 1 fully saturated rings. The van der Waals surface area contributed by atoms with E-state index in [0.29, 0.717) is 44.9 Å². The standard InChI is InChI=1S/C21H26FN5O3/c1-2-9-23-19(28)15-25-10-12-26(13-11-25)21(30)18-7-8-20(29)27(24-18)14-16-3-5-17(22)6-4-16/h2-6H,1,7-15H2,(H,23,28). The molecule has 1 aromatic carbocycles. The molecule has 0 unspecified atom stereocenters. The predicted molar refractivity (Wildman–Crippen MR) is 110 cm³/mol. The maximum absolute atomic E-state index is 13.1. The number of halogens is 1. The maximum atomic E-state index is 13.1. The van der Waals surface area contributed by atoms with Crippen molar-refractivity contribution < 1.29 is 18.8 Å². The minimum atomic E-state index is -0.347. The lowest BCUT2D eigenvalue weighted by Gasteiger charge is -2.35. The van der Waals surface area contributed by atoms with Gasteiger partial charge in [0.1, 0.15) is 11.5 Å². The Morgan fingerprint density at radius 1 is 1.13 bits per heavy atom. The second-order valence-electron chi connectivity index (χ2n) is 7.29. The highest BCUT2D eigenvalue weighted by molar-refractivity contribution is 6.39. The predicted octanol–water partition coefficient (Wildman–Crippen LogP) is 0.751. The lowest BCUT2D eigenvalue weighted by atomic mass is 10.1. The van der Waals surface area contributed by atoms with Crippen LogP contribution in [0.4, 0.5) is 4.39 Å². The Bertz CT molecular complexity index is 832. The molecule has 2 heterocycles. The number of benzene rings is 1. The normalized spacial score (nSPS) is 17.5. The SMILES string of the molecule is C=CCNC(=O)CN1CCN(C(=O)C2=NN(Cc3ccc(F)cc3)C(=O)CC2)CC1. The van der Waals surface area contributed by atoms with E-state index in [4.69, 9.17) is 0 Å². The van der Waals surface area contributed by atoms with Crippen LogP contribution in [0.15, 0.2) is 42.0 Å². The molecule has 1 aromatic rings. The monoisotopic (exact) mass is 415 g/mol. The topological polar surface area (TPSA) is 85.3 Å². The number of nitrogens with zero attached hydrogens (tertiary/aromatic N) is 4. The minimum absolute atomic E-state index is 0.0683. The Hall–Kier alpha value is -3.07. The van der Waals surface area contributed by atoms with Gasteiger partial charge in [0.2, 0.25) is 11.8 Å². The van der Waals surface area contributed by atoms with Crippen LogP contribution in [0.2, 0.25) is 0 Å². The van der Waals surface area contributed by atoms with E-state index in [1.165, 1.54) is 17.1 Å². The number of hydrazone groups is 1. The summed E-state index contributed by atoms with van der Waals surface area (Å²) in [5, 5.41) is 8.31. The largest absolute Gasteiger partial charge is 0.352 e. The van der Waals surface area contributed by atoms with Crippen LogP contribution >= 0.6 is 0 Å². The Morgan fingerprint density at radius 3 is 2.50 bits per heavy atom. The summed E-state index contributed by atoms with van der Waals surface area (Å²) in [6.45, 7) is 6.68. The molecule has 0 aromatic heterocycles. The van der Waals surface area contributed by atoms with E-state index >= 15 is 0 Å². The zero-order valence-corrected chi connectivity index (χ0v) is 16.8. The summed E-state index contributed by atoms with van der Waals surface area (Å²) in [5.41, 5.74) is 1.10. The van der Waals surface area contributed by atoms with E-state index in [9.17, 15) is 18.8 Å². The Labute approximate surface area is 175 Å². The van der Waals surface area contributed by atoms with Crippen molar-refractivity contribution in [1.82, 2.24) is 20.1 Å². The molecule has 1 saturated heterocycles. The summed E-state index contributed by atoms with van der Waals surface area (Å²) in [5.74, 6) is -0.754. The number of hydrogen-bond acceptors (Lipinski definition) is 5. The van der Waals surface area contributed by atoms with Gasteiger partial charge in [0.15, 0.2) is 0 Å². The minimum Gasteiger partial charge on any atom is -0.352 e. The summed E-state index contributed by atoms with van der Waals surface area (Å²) >= 11 is 0. The van der Waals surface area contributed by atoms with Crippen molar-refractivity contribution in [3.05, 3.63) is 48.3 Å². The zero-order valence-electron chi connectivity index (χ0n) is 16.8. The molecule has 0 saturated carbocycles. The van der Waals surface area contributed by atoms with Crippen LogP contribution in [0.25, 0.3) is 0 Å². The number of nitrogens with one attached hydrogen (secondary N) is 1. The van der Waals surface area contributed by atoms with Gasteiger partial charge in [-0.15, -0.1) is 6.58 Å². The van der Waals surface area contributed by atoms with Crippen LogP contribution in [0.3, 0.4) is 0 Å². The van der Waals surface area contributed by atoms with Gasteiger partial charge < -0.3 is 10.2 Å². The molecule has 30 heavy (non-hydrogen) atoms. The highest BCUT2D eigenvalue weighted by Gasteiger charge is 2.29. The molecule has 160 valence electrons. The molecule has 0 radical (unpaired) electrons. The van der Waals surface area contributed by atoms with Crippen molar-refractivity contribution in [2.45, 2.75) is 19.4 Å². The second-order valence-corrected chi connectivity index (χ2v) is 7.29. The van der Waals surface area contributed by atoms with E-state index in [0.717, 1.165) is 5.56 Å². The average molecular weight is 415 g/mol. The molecule has 9 heteroatoms. The van der Waals surface area contributed by atoms with Gasteiger partial charge in [0.25, 0.3) is 5.91 Å². The molecular formula is C21H26FN5O3. The maximum Gasteiger partial charge on any atom is 0.270 e. The first-order valence-electron chi connectivity index (χ1n) is 9.98. The van der Waals surface area contributed by atoms with Crippen molar-refractivity contribution in [1.29, 1.82) is 0 Å². The summed E-state index contributed by atoms with van der Waals surface area (Å²) in [7, 11) is 0. The third-order valence-electron chi connectivity index (χ3n) is 5.07. The van der Waals surface area contributed by atoms with E-state index in [1.807, 2.05) is 4.90 Å². The summed E-state index contributed by atoms with van der Waals surface area (Å²) in [4.78, 5) is 40.6. The fourth-order valence-corrected chi connectivity index (χ4v) is 3.38. The van der Waals surface area contributed by atoms with E-state index in [-0.39, 0.29) is 43.0 Å². The first-order valence-corrected chi connectivity index (χ1v) is 9.98. The van der Waals surface area contributed by atoms with Gasteiger partial charge in [-0.2, -0.15) is 5.10 Å². The van der Waals surface area contributed by atoms with Crippen molar-refractivity contribution >= 4 is 23.4 Å². The second kappa shape index (κ2) is 10.1. The van der Waals surface area contributed by atoms with Crippen molar-refractivity contribution in [2.75, 3.05) is 39.3 Å².